The number of likely N-dealkylation sites (N-methyl/N-ethyl adjacent to an activating group) is 1. The molecule has 1 atom stereocenters. The van der Waals surface area contributed by atoms with Crippen molar-refractivity contribution in [3.05, 3.63) is 0 Å². The molecule has 0 heterocycles. The Balaban J connectivity index is 4.22. The first-order valence-electron chi connectivity index (χ1n) is 5.99. The van der Waals surface area contributed by atoms with Gasteiger partial charge in [-0.05, 0) is 18.9 Å². The van der Waals surface area contributed by atoms with E-state index in [-0.39, 0.29) is 5.41 Å². The van der Waals surface area contributed by atoms with Crippen LogP contribution in [0.2, 0.25) is 0 Å². The number of hydrogen-bond acceptors (Lipinski definition) is 3. The monoisotopic (exact) mass is 216 g/mol. The van der Waals surface area contributed by atoms with Gasteiger partial charge in [0.15, 0.2) is 0 Å². The second kappa shape index (κ2) is 7.20. The number of ether oxygens (including phenoxy) is 1. The van der Waals surface area contributed by atoms with E-state index in [0.29, 0.717) is 12.6 Å². The third-order valence-corrected chi connectivity index (χ3v) is 2.80. The van der Waals surface area contributed by atoms with Crippen LogP contribution in [0.4, 0.5) is 0 Å². The normalized spacial score (nSPS) is 14.6. The van der Waals surface area contributed by atoms with Crippen LogP contribution in [-0.4, -0.2) is 43.8 Å². The minimum absolute atomic E-state index is 0.233. The largest absolute Gasteiger partial charge is 0.380 e. The Morgan fingerprint density at radius 3 is 2.20 bits per heavy atom. The van der Waals surface area contributed by atoms with Gasteiger partial charge in [-0.25, -0.2) is 0 Å². The molecule has 0 spiro atoms. The molecule has 0 aromatic carbocycles. The van der Waals surface area contributed by atoms with Gasteiger partial charge in [-0.3, -0.25) is 4.90 Å². The van der Waals surface area contributed by atoms with Crippen molar-refractivity contribution in [1.82, 2.24) is 4.90 Å². The van der Waals surface area contributed by atoms with Crippen molar-refractivity contribution < 1.29 is 4.74 Å². The maximum Gasteiger partial charge on any atom is 0.0593 e. The molecule has 0 fully saturated rings. The van der Waals surface area contributed by atoms with Crippen molar-refractivity contribution >= 4 is 0 Å². The summed E-state index contributed by atoms with van der Waals surface area (Å²) in [6.45, 7) is 15.3. The molecule has 0 saturated heterocycles. The molecule has 2 N–H and O–H groups in total. The summed E-state index contributed by atoms with van der Waals surface area (Å²) in [5.74, 6) is 0. The molecule has 1 unspecified atom stereocenters. The Kier molecular flexibility index (Phi) is 7.14. The fourth-order valence-corrected chi connectivity index (χ4v) is 1.91. The molecule has 0 aliphatic rings. The molecule has 0 aliphatic carbocycles. The van der Waals surface area contributed by atoms with Crippen LogP contribution in [0.15, 0.2) is 0 Å². The van der Waals surface area contributed by atoms with Crippen LogP contribution in [0.25, 0.3) is 0 Å². The summed E-state index contributed by atoms with van der Waals surface area (Å²) in [4.78, 5) is 2.41. The highest BCUT2D eigenvalue weighted by atomic mass is 16.5. The van der Waals surface area contributed by atoms with Crippen LogP contribution in [0.3, 0.4) is 0 Å². The van der Waals surface area contributed by atoms with Crippen LogP contribution in [0.5, 0.6) is 0 Å². The zero-order valence-corrected chi connectivity index (χ0v) is 11.0. The summed E-state index contributed by atoms with van der Waals surface area (Å²) in [7, 11) is 0. The minimum Gasteiger partial charge on any atom is -0.380 e. The highest BCUT2D eigenvalue weighted by molar-refractivity contribution is 4.83. The average molecular weight is 216 g/mol. The summed E-state index contributed by atoms with van der Waals surface area (Å²) >= 11 is 0. The molecule has 15 heavy (non-hydrogen) atoms. The Hall–Kier alpha value is -0.120. The third-order valence-electron chi connectivity index (χ3n) is 2.80. The molecule has 0 amide bonds. The number of rotatable bonds is 7. The Morgan fingerprint density at radius 2 is 1.87 bits per heavy atom. The number of hydrogen-bond donors (Lipinski definition) is 1. The van der Waals surface area contributed by atoms with Crippen LogP contribution in [0.1, 0.15) is 34.6 Å². The van der Waals surface area contributed by atoms with Gasteiger partial charge < -0.3 is 10.5 Å². The van der Waals surface area contributed by atoms with Gasteiger partial charge in [0.1, 0.15) is 0 Å². The van der Waals surface area contributed by atoms with Gasteiger partial charge in [0, 0.05) is 25.7 Å². The highest BCUT2D eigenvalue weighted by Gasteiger charge is 2.27. The first-order chi connectivity index (χ1) is 6.97. The quantitative estimate of drug-likeness (QED) is 0.659. The van der Waals surface area contributed by atoms with Gasteiger partial charge in [0.25, 0.3) is 0 Å². The zero-order valence-electron chi connectivity index (χ0n) is 11.0. The second-order valence-electron chi connectivity index (χ2n) is 4.94. The summed E-state index contributed by atoms with van der Waals surface area (Å²) in [5.41, 5.74) is 6.09. The molecule has 0 aromatic heterocycles. The lowest BCUT2D eigenvalue weighted by atomic mass is 9.85. The van der Waals surface area contributed by atoms with Gasteiger partial charge in [0.05, 0.1) is 6.61 Å². The lowest BCUT2D eigenvalue weighted by Crippen LogP contribution is -2.49. The van der Waals surface area contributed by atoms with Crippen molar-refractivity contribution in [1.29, 1.82) is 0 Å². The van der Waals surface area contributed by atoms with E-state index in [2.05, 4.69) is 32.6 Å². The van der Waals surface area contributed by atoms with Crippen molar-refractivity contribution in [2.75, 3.05) is 32.8 Å². The van der Waals surface area contributed by atoms with E-state index in [1.165, 1.54) is 0 Å². The predicted octanol–water partition coefficient (Wildman–Crippen LogP) is 1.72. The van der Waals surface area contributed by atoms with Crippen molar-refractivity contribution in [2.24, 2.45) is 11.1 Å². The fourth-order valence-electron chi connectivity index (χ4n) is 1.91. The molecule has 0 aromatic rings. The maximum atomic E-state index is 5.86. The van der Waals surface area contributed by atoms with E-state index in [4.69, 9.17) is 10.5 Å². The molecule has 0 aliphatic heterocycles. The molecule has 0 rings (SSSR count). The van der Waals surface area contributed by atoms with Gasteiger partial charge in [0.2, 0.25) is 0 Å². The average Bonchev–Trinajstić information content (AvgIpc) is 2.14. The predicted molar refractivity (Wildman–Crippen MR) is 66.0 cm³/mol. The Morgan fingerprint density at radius 1 is 1.27 bits per heavy atom. The van der Waals surface area contributed by atoms with Crippen molar-refractivity contribution in [3.8, 4) is 0 Å². The molecule has 3 nitrogen and oxygen atoms in total. The number of nitrogens with two attached hydrogens (primary N) is 1. The van der Waals surface area contributed by atoms with Gasteiger partial charge in [-0.1, -0.05) is 27.7 Å². The number of nitrogens with zero attached hydrogens (tertiary/aromatic N) is 1. The van der Waals surface area contributed by atoms with E-state index in [0.717, 1.165) is 26.3 Å². The van der Waals surface area contributed by atoms with Crippen LogP contribution in [0, 0.1) is 5.41 Å². The Labute approximate surface area is 95.0 Å². The third kappa shape index (κ3) is 5.50. The lowest BCUT2D eigenvalue weighted by Gasteiger charge is -2.39. The standard InChI is InChI=1S/C12H28N2O/c1-6-14(8-9-15-7-2)11(10-13)12(3,4)5/h11H,6-10,13H2,1-5H3. The lowest BCUT2D eigenvalue weighted by molar-refractivity contribution is 0.0626. The van der Waals surface area contributed by atoms with Crippen LogP contribution >= 0.6 is 0 Å². The van der Waals surface area contributed by atoms with Crippen molar-refractivity contribution in [3.63, 3.8) is 0 Å². The van der Waals surface area contributed by atoms with E-state index in [9.17, 15) is 0 Å². The van der Waals surface area contributed by atoms with Crippen LogP contribution in [-0.2, 0) is 4.74 Å². The van der Waals surface area contributed by atoms with Crippen molar-refractivity contribution in [2.45, 2.75) is 40.7 Å². The summed E-state index contributed by atoms with van der Waals surface area (Å²) in [6, 6.07) is 0.433. The molecular formula is C12H28N2O. The maximum absolute atomic E-state index is 5.86. The summed E-state index contributed by atoms with van der Waals surface area (Å²) in [5, 5.41) is 0. The first kappa shape index (κ1) is 14.9. The first-order valence-corrected chi connectivity index (χ1v) is 5.99. The van der Waals surface area contributed by atoms with Gasteiger partial charge in [-0.15, -0.1) is 0 Å². The molecule has 0 bridgehead atoms. The molecule has 0 saturated carbocycles. The summed E-state index contributed by atoms with van der Waals surface area (Å²) in [6.07, 6.45) is 0. The zero-order chi connectivity index (χ0) is 11.9. The Bertz CT molecular complexity index is 154. The topological polar surface area (TPSA) is 38.5 Å². The smallest absolute Gasteiger partial charge is 0.0593 e. The van der Waals surface area contributed by atoms with Gasteiger partial charge >= 0.3 is 0 Å². The highest BCUT2D eigenvalue weighted by Crippen LogP contribution is 2.23. The summed E-state index contributed by atoms with van der Waals surface area (Å²) < 4.78 is 5.39. The fraction of sp³-hybridized carbons (Fsp3) is 1.00. The molecule has 3 heteroatoms. The molecule has 0 radical (unpaired) electrons. The van der Waals surface area contributed by atoms with E-state index in [1.807, 2.05) is 6.92 Å². The molecule has 92 valence electrons. The molecular weight excluding hydrogens is 188 g/mol. The van der Waals surface area contributed by atoms with Crippen LogP contribution < -0.4 is 5.73 Å². The van der Waals surface area contributed by atoms with E-state index < -0.39 is 0 Å². The second-order valence-corrected chi connectivity index (χ2v) is 4.94. The van der Waals surface area contributed by atoms with Gasteiger partial charge in [-0.2, -0.15) is 0 Å². The van der Waals surface area contributed by atoms with E-state index in [1.54, 1.807) is 0 Å². The SMILES string of the molecule is CCOCCN(CC)C(CN)C(C)(C)C. The van der Waals surface area contributed by atoms with E-state index >= 15 is 0 Å². The minimum atomic E-state index is 0.233.